The second-order valence-electron chi connectivity index (χ2n) is 3.68. The Labute approximate surface area is 85.4 Å². The normalized spacial score (nSPS) is 24.8. The van der Waals surface area contributed by atoms with Crippen LogP contribution < -0.4 is 5.73 Å². The Morgan fingerprint density at radius 1 is 1.64 bits per heavy atom. The highest BCUT2D eigenvalue weighted by Gasteiger charge is 2.28. The lowest BCUT2D eigenvalue weighted by molar-refractivity contribution is -0.141. The van der Waals surface area contributed by atoms with Gasteiger partial charge in [0.1, 0.15) is 0 Å². The van der Waals surface area contributed by atoms with Gasteiger partial charge in [-0.2, -0.15) is 0 Å². The number of nitrogens with zero attached hydrogens (tertiary/aromatic N) is 1. The smallest absolute Gasteiger partial charge is 0.239 e. The van der Waals surface area contributed by atoms with Crippen LogP contribution in [0.1, 0.15) is 26.7 Å². The van der Waals surface area contributed by atoms with Gasteiger partial charge in [-0.1, -0.05) is 13.8 Å². The predicted octanol–water partition coefficient (Wildman–Crippen LogP) is 0.361. The molecule has 1 aliphatic rings. The fourth-order valence-corrected chi connectivity index (χ4v) is 1.67. The van der Waals surface area contributed by atoms with Gasteiger partial charge in [0.25, 0.3) is 0 Å². The Balaban J connectivity index is 2.58. The van der Waals surface area contributed by atoms with Crippen LogP contribution in [0.25, 0.3) is 0 Å². The first-order valence-corrected chi connectivity index (χ1v) is 5.34. The molecule has 1 aliphatic heterocycles. The molecule has 2 atom stereocenters. The van der Waals surface area contributed by atoms with Crippen molar-refractivity contribution in [2.24, 2.45) is 5.73 Å². The molecule has 1 fully saturated rings. The van der Waals surface area contributed by atoms with Crippen molar-refractivity contribution in [2.75, 3.05) is 19.8 Å². The van der Waals surface area contributed by atoms with Crippen LogP contribution in [0.5, 0.6) is 0 Å². The number of morpholine rings is 1. The molecule has 0 bridgehead atoms. The Morgan fingerprint density at radius 3 is 2.93 bits per heavy atom. The number of nitrogens with two attached hydrogens (primary N) is 1. The zero-order chi connectivity index (χ0) is 10.6. The third-order valence-electron chi connectivity index (χ3n) is 2.74. The van der Waals surface area contributed by atoms with Gasteiger partial charge in [0.2, 0.25) is 5.91 Å². The molecule has 0 aromatic heterocycles. The minimum Gasteiger partial charge on any atom is -0.377 e. The van der Waals surface area contributed by atoms with Gasteiger partial charge in [0, 0.05) is 6.54 Å². The maximum absolute atomic E-state index is 11.8. The van der Waals surface area contributed by atoms with Crippen molar-refractivity contribution >= 4 is 5.91 Å². The van der Waals surface area contributed by atoms with Gasteiger partial charge in [0.15, 0.2) is 0 Å². The van der Waals surface area contributed by atoms with Crippen molar-refractivity contribution in [1.82, 2.24) is 4.90 Å². The second kappa shape index (κ2) is 5.32. The highest BCUT2D eigenvalue weighted by molar-refractivity contribution is 5.82. The van der Waals surface area contributed by atoms with Gasteiger partial charge >= 0.3 is 0 Å². The van der Waals surface area contributed by atoms with Gasteiger partial charge in [0.05, 0.1) is 25.3 Å². The predicted molar refractivity (Wildman–Crippen MR) is 54.9 cm³/mol. The minimum absolute atomic E-state index is 0.0719. The maximum atomic E-state index is 11.8. The van der Waals surface area contributed by atoms with Crippen molar-refractivity contribution < 1.29 is 9.53 Å². The summed E-state index contributed by atoms with van der Waals surface area (Å²) < 4.78 is 5.33. The summed E-state index contributed by atoms with van der Waals surface area (Å²) in [7, 11) is 0. The lowest BCUT2D eigenvalue weighted by Gasteiger charge is -2.36. The number of ether oxygens (including phenoxy) is 1. The molecule has 1 unspecified atom stereocenters. The third kappa shape index (κ3) is 2.45. The lowest BCUT2D eigenvalue weighted by atomic mass is 10.1. The summed E-state index contributed by atoms with van der Waals surface area (Å²) in [6.07, 6.45) is 1.63. The third-order valence-corrected chi connectivity index (χ3v) is 2.74. The van der Waals surface area contributed by atoms with Gasteiger partial charge < -0.3 is 15.4 Å². The van der Waals surface area contributed by atoms with Crippen LogP contribution >= 0.6 is 0 Å². The molecule has 1 rings (SSSR count). The SMILES string of the molecule is CCC1COCCN1C(=O)[C@H](N)CC. The van der Waals surface area contributed by atoms with Crippen molar-refractivity contribution in [3.63, 3.8) is 0 Å². The topological polar surface area (TPSA) is 55.6 Å². The molecule has 1 heterocycles. The minimum atomic E-state index is -0.345. The molecule has 0 aromatic carbocycles. The number of amides is 1. The zero-order valence-electron chi connectivity index (χ0n) is 9.03. The molecule has 4 nitrogen and oxygen atoms in total. The Bertz CT molecular complexity index is 197. The van der Waals surface area contributed by atoms with E-state index in [-0.39, 0.29) is 18.0 Å². The molecule has 4 heteroatoms. The van der Waals surface area contributed by atoms with Crippen LogP contribution in [0.15, 0.2) is 0 Å². The molecule has 0 aromatic rings. The van der Waals surface area contributed by atoms with E-state index in [0.717, 1.165) is 6.42 Å². The van der Waals surface area contributed by atoms with E-state index in [4.69, 9.17) is 10.5 Å². The summed E-state index contributed by atoms with van der Waals surface area (Å²) in [6.45, 7) is 5.98. The monoisotopic (exact) mass is 200 g/mol. The molecule has 1 amide bonds. The lowest BCUT2D eigenvalue weighted by Crippen LogP contribution is -2.53. The van der Waals surface area contributed by atoms with Gasteiger partial charge in [-0.25, -0.2) is 0 Å². The maximum Gasteiger partial charge on any atom is 0.239 e. The first-order valence-electron chi connectivity index (χ1n) is 5.34. The fourth-order valence-electron chi connectivity index (χ4n) is 1.67. The highest BCUT2D eigenvalue weighted by atomic mass is 16.5. The van der Waals surface area contributed by atoms with E-state index < -0.39 is 0 Å². The Hall–Kier alpha value is -0.610. The summed E-state index contributed by atoms with van der Waals surface area (Å²) in [4.78, 5) is 13.7. The first kappa shape index (κ1) is 11.5. The van der Waals surface area contributed by atoms with E-state index in [1.807, 2.05) is 11.8 Å². The van der Waals surface area contributed by atoms with Crippen LogP contribution in [-0.4, -0.2) is 42.6 Å². The summed E-state index contributed by atoms with van der Waals surface area (Å²) >= 11 is 0. The standard InChI is InChI=1S/C10H20N2O2/c1-3-8-7-14-6-5-12(8)10(13)9(11)4-2/h8-9H,3-7,11H2,1-2H3/t8?,9-/m1/s1. The van der Waals surface area contributed by atoms with Crippen molar-refractivity contribution in [1.29, 1.82) is 0 Å². The Morgan fingerprint density at radius 2 is 2.36 bits per heavy atom. The van der Waals surface area contributed by atoms with Crippen molar-refractivity contribution in [3.8, 4) is 0 Å². The number of hydrogen-bond acceptors (Lipinski definition) is 3. The molecule has 1 saturated heterocycles. The number of carbonyl (C=O) groups excluding carboxylic acids is 1. The van der Waals surface area contributed by atoms with Gasteiger partial charge in [-0.15, -0.1) is 0 Å². The fraction of sp³-hybridized carbons (Fsp3) is 0.900. The van der Waals surface area contributed by atoms with Crippen molar-refractivity contribution in [2.45, 2.75) is 38.8 Å². The number of hydrogen-bond donors (Lipinski definition) is 1. The average molecular weight is 200 g/mol. The quantitative estimate of drug-likeness (QED) is 0.715. The largest absolute Gasteiger partial charge is 0.377 e. The van der Waals surface area contributed by atoms with Crippen LogP contribution in [0.3, 0.4) is 0 Å². The van der Waals surface area contributed by atoms with Crippen LogP contribution in [0.2, 0.25) is 0 Å². The highest BCUT2D eigenvalue weighted by Crippen LogP contribution is 2.11. The number of carbonyl (C=O) groups is 1. The molecule has 0 saturated carbocycles. The van der Waals surface area contributed by atoms with E-state index in [0.29, 0.717) is 26.2 Å². The van der Waals surface area contributed by atoms with Crippen LogP contribution in [0.4, 0.5) is 0 Å². The van der Waals surface area contributed by atoms with E-state index in [9.17, 15) is 4.79 Å². The molecular weight excluding hydrogens is 180 g/mol. The molecular formula is C10H20N2O2. The Kier molecular flexibility index (Phi) is 4.35. The van der Waals surface area contributed by atoms with E-state index in [1.54, 1.807) is 0 Å². The van der Waals surface area contributed by atoms with E-state index >= 15 is 0 Å². The molecule has 0 aliphatic carbocycles. The zero-order valence-corrected chi connectivity index (χ0v) is 9.03. The van der Waals surface area contributed by atoms with E-state index in [2.05, 4.69) is 6.92 Å². The average Bonchev–Trinajstić information content (AvgIpc) is 2.26. The van der Waals surface area contributed by atoms with Gasteiger partial charge in [-0.05, 0) is 12.8 Å². The molecule has 14 heavy (non-hydrogen) atoms. The van der Waals surface area contributed by atoms with Crippen molar-refractivity contribution in [3.05, 3.63) is 0 Å². The molecule has 2 N–H and O–H groups in total. The summed E-state index contributed by atoms with van der Waals surface area (Å²) in [5, 5.41) is 0. The molecule has 82 valence electrons. The van der Waals surface area contributed by atoms with Gasteiger partial charge in [-0.3, -0.25) is 4.79 Å². The summed E-state index contributed by atoms with van der Waals surface area (Å²) in [6, 6.07) is -0.129. The molecule has 0 radical (unpaired) electrons. The number of rotatable bonds is 3. The summed E-state index contributed by atoms with van der Waals surface area (Å²) in [5.74, 6) is 0.0719. The first-order chi connectivity index (χ1) is 6.70. The van der Waals surface area contributed by atoms with E-state index in [1.165, 1.54) is 0 Å². The second-order valence-corrected chi connectivity index (χ2v) is 3.68. The summed E-state index contributed by atoms with van der Waals surface area (Å²) in [5.41, 5.74) is 5.73. The molecule has 0 spiro atoms. The van der Waals surface area contributed by atoms with Crippen LogP contribution in [0, 0.1) is 0 Å². The van der Waals surface area contributed by atoms with Crippen LogP contribution in [-0.2, 0) is 9.53 Å².